The largest absolute Gasteiger partial charge is 0.370 e. The Kier molecular flexibility index (Phi) is 6.24. The van der Waals surface area contributed by atoms with Crippen LogP contribution in [0.3, 0.4) is 0 Å². The summed E-state index contributed by atoms with van der Waals surface area (Å²) in [5.74, 6) is 1.27. The van der Waals surface area contributed by atoms with E-state index in [1.165, 1.54) is 6.20 Å². The fraction of sp³-hybridized carbons (Fsp3) is 0.615. The molecule has 0 unspecified atom stereocenters. The number of sulfonamides is 1. The van der Waals surface area contributed by atoms with Crippen molar-refractivity contribution in [1.29, 1.82) is 0 Å². The predicted octanol–water partition coefficient (Wildman–Crippen LogP) is 2.23. The van der Waals surface area contributed by atoms with Crippen molar-refractivity contribution in [2.24, 2.45) is 5.92 Å². The summed E-state index contributed by atoms with van der Waals surface area (Å²) in [6, 6.07) is 3.24. The molecule has 6 heteroatoms. The molecule has 108 valence electrons. The number of hydrogen-bond donors (Lipinski definition) is 2. The highest BCUT2D eigenvalue weighted by Crippen LogP contribution is 2.11. The van der Waals surface area contributed by atoms with Crippen LogP contribution < -0.4 is 10.0 Å². The molecule has 1 rings (SSSR count). The molecule has 5 nitrogen and oxygen atoms in total. The highest BCUT2D eigenvalue weighted by Gasteiger charge is 2.13. The molecular formula is C13H23N3O2S. The number of rotatable bonds is 8. The van der Waals surface area contributed by atoms with Gasteiger partial charge in [-0.1, -0.05) is 13.8 Å². The molecule has 0 saturated heterocycles. The van der Waals surface area contributed by atoms with Crippen molar-refractivity contribution in [3.8, 4) is 0 Å². The number of hydrogen-bond acceptors (Lipinski definition) is 4. The van der Waals surface area contributed by atoms with E-state index < -0.39 is 10.0 Å². The summed E-state index contributed by atoms with van der Waals surface area (Å²) in [5, 5.41) is 3.02. The van der Waals surface area contributed by atoms with Crippen LogP contribution in [-0.2, 0) is 10.0 Å². The van der Waals surface area contributed by atoms with Gasteiger partial charge in [0.1, 0.15) is 10.7 Å². The van der Waals surface area contributed by atoms with Gasteiger partial charge in [-0.15, -0.1) is 0 Å². The molecular weight excluding hydrogens is 262 g/mol. The molecule has 0 aliphatic heterocycles. The van der Waals surface area contributed by atoms with E-state index in [2.05, 4.69) is 28.9 Å². The minimum atomic E-state index is -3.43. The van der Waals surface area contributed by atoms with Gasteiger partial charge in [-0.25, -0.2) is 18.1 Å². The average molecular weight is 285 g/mol. The van der Waals surface area contributed by atoms with E-state index in [1.807, 2.05) is 6.92 Å². The molecule has 1 aromatic heterocycles. The van der Waals surface area contributed by atoms with Crippen molar-refractivity contribution < 1.29 is 8.42 Å². The second-order valence-corrected chi connectivity index (χ2v) is 6.61. The van der Waals surface area contributed by atoms with E-state index in [0.29, 0.717) is 18.3 Å². The van der Waals surface area contributed by atoms with Gasteiger partial charge >= 0.3 is 0 Å². The first kappa shape index (κ1) is 15.9. The van der Waals surface area contributed by atoms with Gasteiger partial charge in [0.05, 0.1) is 0 Å². The number of aromatic nitrogens is 1. The Bertz CT molecular complexity index is 469. The first-order valence-corrected chi connectivity index (χ1v) is 8.13. The summed E-state index contributed by atoms with van der Waals surface area (Å²) in [4.78, 5) is 4.27. The van der Waals surface area contributed by atoms with Gasteiger partial charge in [-0.05, 0) is 37.8 Å². The summed E-state index contributed by atoms with van der Waals surface area (Å²) in [6.45, 7) is 7.43. The lowest BCUT2D eigenvalue weighted by atomic mass is 10.1. The lowest BCUT2D eigenvalue weighted by Crippen LogP contribution is -2.25. The van der Waals surface area contributed by atoms with Crippen LogP contribution in [0.1, 0.15) is 33.6 Å². The standard InChI is InChI=1S/C13H23N3O2S/c1-4-14-13-8-7-12(10-15-13)19(17,18)16-9-5-6-11(2)3/h7-8,10-11,16H,4-6,9H2,1-3H3,(H,14,15). The second kappa shape index (κ2) is 7.45. The van der Waals surface area contributed by atoms with Crippen LogP contribution in [-0.4, -0.2) is 26.5 Å². The molecule has 0 spiro atoms. The van der Waals surface area contributed by atoms with Gasteiger partial charge in [0, 0.05) is 19.3 Å². The van der Waals surface area contributed by atoms with Crippen LogP contribution in [0.5, 0.6) is 0 Å². The SMILES string of the molecule is CCNc1ccc(S(=O)(=O)NCCCC(C)C)cn1. The Morgan fingerprint density at radius 2 is 2.05 bits per heavy atom. The van der Waals surface area contributed by atoms with Crippen molar-refractivity contribution in [2.45, 2.75) is 38.5 Å². The molecule has 0 bridgehead atoms. The highest BCUT2D eigenvalue weighted by molar-refractivity contribution is 7.89. The topological polar surface area (TPSA) is 71.1 Å². The molecule has 0 aromatic carbocycles. The minimum absolute atomic E-state index is 0.207. The van der Waals surface area contributed by atoms with E-state index in [4.69, 9.17) is 0 Å². The molecule has 0 saturated carbocycles. The maximum absolute atomic E-state index is 12.0. The van der Waals surface area contributed by atoms with Crippen LogP contribution in [0.15, 0.2) is 23.2 Å². The molecule has 0 aliphatic carbocycles. The monoisotopic (exact) mass is 285 g/mol. The van der Waals surface area contributed by atoms with Crippen LogP contribution in [0.4, 0.5) is 5.82 Å². The molecule has 19 heavy (non-hydrogen) atoms. The smallest absolute Gasteiger partial charge is 0.242 e. The fourth-order valence-electron chi connectivity index (χ4n) is 1.63. The normalized spacial score (nSPS) is 11.8. The molecule has 0 atom stereocenters. The lowest BCUT2D eigenvalue weighted by molar-refractivity contribution is 0.540. The van der Waals surface area contributed by atoms with Gasteiger partial charge in [0.25, 0.3) is 0 Å². The Labute approximate surface area is 115 Å². The predicted molar refractivity (Wildman–Crippen MR) is 77.7 cm³/mol. The third kappa shape index (κ3) is 5.57. The third-order valence-electron chi connectivity index (χ3n) is 2.65. The van der Waals surface area contributed by atoms with Crippen molar-refractivity contribution in [2.75, 3.05) is 18.4 Å². The van der Waals surface area contributed by atoms with Gasteiger partial charge < -0.3 is 5.32 Å². The first-order valence-electron chi connectivity index (χ1n) is 6.65. The summed E-state index contributed by atoms with van der Waals surface area (Å²) in [7, 11) is -3.43. The fourth-order valence-corrected chi connectivity index (χ4v) is 2.64. The van der Waals surface area contributed by atoms with Crippen molar-refractivity contribution in [3.05, 3.63) is 18.3 Å². The summed E-state index contributed by atoms with van der Waals surface area (Å²) in [6.07, 6.45) is 3.24. The maximum atomic E-state index is 12.0. The molecule has 1 heterocycles. The Balaban J connectivity index is 2.56. The molecule has 1 aromatic rings. The van der Waals surface area contributed by atoms with E-state index in [0.717, 1.165) is 19.4 Å². The zero-order valence-corrected chi connectivity index (χ0v) is 12.6. The Hall–Kier alpha value is -1.14. The van der Waals surface area contributed by atoms with Crippen molar-refractivity contribution >= 4 is 15.8 Å². The first-order chi connectivity index (χ1) is 8.95. The maximum Gasteiger partial charge on any atom is 0.242 e. The van der Waals surface area contributed by atoms with E-state index in [9.17, 15) is 8.42 Å². The van der Waals surface area contributed by atoms with Crippen molar-refractivity contribution in [3.63, 3.8) is 0 Å². The van der Waals surface area contributed by atoms with E-state index in [-0.39, 0.29) is 4.90 Å². The average Bonchev–Trinajstić information content (AvgIpc) is 2.36. The van der Waals surface area contributed by atoms with Gasteiger partial charge in [-0.3, -0.25) is 0 Å². The molecule has 0 aliphatic rings. The zero-order valence-electron chi connectivity index (χ0n) is 11.8. The van der Waals surface area contributed by atoms with Gasteiger partial charge in [-0.2, -0.15) is 0 Å². The molecule has 0 radical (unpaired) electrons. The molecule has 0 fully saturated rings. The third-order valence-corrected chi connectivity index (χ3v) is 4.10. The lowest BCUT2D eigenvalue weighted by Gasteiger charge is -2.08. The minimum Gasteiger partial charge on any atom is -0.370 e. The Morgan fingerprint density at radius 3 is 2.58 bits per heavy atom. The van der Waals surface area contributed by atoms with Gasteiger partial charge in [0.15, 0.2) is 0 Å². The van der Waals surface area contributed by atoms with Crippen molar-refractivity contribution in [1.82, 2.24) is 9.71 Å². The van der Waals surface area contributed by atoms with Crippen LogP contribution >= 0.6 is 0 Å². The van der Waals surface area contributed by atoms with Crippen LogP contribution in [0, 0.1) is 5.92 Å². The molecule has 0 amide bonds. The summed E-state index contributed by atoms with van der Waals surface area (Å²) in [5.41, 5.74) is 0. The molecule has 2 N–H and O–H groups in total. The second-order valence-electron chi connectivity index (χ2n) is 4.84. The highest BCUT2D eigenvalue weighted by atomic mass is 32.2. The quantitative estimate of drug-likeness (QED) is 0.719. The summed E-state index contributed by atoms with van der Waals surface area (Å²) < 4.78 is 26.5. The Morgan fingerprint density at radius 1 is 1.32 bits per heavy atom. The number of nitrogens with zero attached hydrogens (tertiary/aromatic N) is 1. The number of anilines is 1. The van der Waals surface area contributed by atoms with Gasteiger partial charge in [0.2, 0.25) is 10.0 Å². The number of pyridine rings is 1. The van der Waals surface area contributed by atoms with Crippen LogP contribution in [0.25, 0.3) is 0 Å². The van der Waals surface area contributed by atoms with E-state index >= 15 is 0 Å². The zero-order chi connectivity index (χ0) is 14.3. The summed E-state index contributed by atoms with van der Waals surface area (Å²) >= 11 is 0. The van der Waals surface area contributed by atoms with Crippen LogP contribution in [0.2, 0.25) is 0 Å². The number of nitrogens with one attached hydrogen (secondary N) is 2. The van der Waals surface area contributed by atoms with E-state index in [1.54, 1.807) is 12.1 Å².